The number of carbonyl (C=O) groups excluding carboxylic acids is 1. The molecular weight excluding hydrogens is 566 g/mol. The number of rotatable bonds is 11. The minimum absolute atomic E-state index is 0.192. The van der Waals surface area contributed by atoms with E-state index in [0.717, 1.165) is 38.8 Å². The fraction of sp³-hybridized carbons (Fsp3) is 0.708. The molecule has 2 aliphatic heterocycles. The van der Waals surface area contributed by atoms with Crippen LogP contribution in [0.25, 0.3) is 0 Å². The second kappa shape index (κ2) is 26.1. The predicted octanol–water partition coefficient (Wildman–Crippen LogP) is -1.83. The predicted molar refractivity (Wildman–Crippen MR) is 147 cm³/mol. The molecule has 0 aromatic heterocycles. The van der Waals surface area contributed by atoms with E-state index in [9.17, 15) is 33.6 Å². The maximum Gasteiger partial charge on any atom is 0.322 e. The van der Waals surface area contributed by atoms with Crippen LogP contribution in [0, 0.1) is 5.92 Å². The van der Waals surface area contributed by atoms with Gasteiger partial charge in [0.05, 0.1) is 13.0 Å². The quantitative estimate of drug-likeness (QED) is 0.122. The Morgan fingerprint density at radius 3 is 1.38 bits per heavy atom. The summed E-state index contributed by atoms with van der Waals surface area (Å²) in [4.78, 5) is 70.1. The Kier molecular flexibility index (Phi) is 26.4. The highest BCUT2D eigenvalue weighted by Gasteiger charge is 2.20. The van der Waals surface area contributed by atoms with Crippen molar-refractivity contribution < 1.29 is 64.2 Å². The Morgan fingerprint density at radius 1 is 0.762 bits per heavy atom. The van der Waals surface area contributed by atoms with E-state index in [1.165, 1.54) is 0 Å². The van der Waals surface area contributed by atoms with Gasteiger partial charge in [0, 0.05) is 6.42 Å². The van der Waals surface area contributed by atoms with E-state index in [-0.39, 0.29) is 31.5 Å². The summed E-state index contributed by atoms with van der Waals surface area (Å²) < 4.78 is 0. The first kappa shape index (κ1) is 42.6. The van der Waals surface area contributed by atoms with E-state index in [4.69, 9.17) is 36.4 Å². The molecule has 2 heterocycles. The van der Waals surface area contributed by atoms with E-state index in [1.807, 2.05) is 19.2 Å². The SMILES string of the molecule is CC(C)C[C@H](N)C(=O)O.NCC(=O)O.O=C(O)CCC(=O)NCC(=O)O.O=C(O)[C@@H]1CCCN1.O=C(O)[C@@H]1CCCN1. The van der Waals surface area contributed by atoms with Crippen LogP contribution < -0.4 is 27.4 Å². The molecule has 244 valence electrons. The molecular formula is C24H45N5O13. The van der Waals surface area contributed by atoms with Crippen molar-refractivity contribution in [3.8, 4) is 0 Å². The van der Waals surface area contributed by atoms with Crippen LogP contribution in [0.15, 0.2) is 0 Å². The number of aliphatic carboxylic acids is 6. The van der Waals surface area contributed by atoms with Crippen molar-refractivity contribution in [2.45, 2.75) is 76.9 Å². The number of carboxylic acids is 6. The summed E-state index contributed by atoms with van der Waals surface area (Å²) in [6.07, 6.45) is 3.64. The number of nitrogens with two attached hydrogens (primary N) is 2. The van der Waals surface area contributed by atoms with Gasteiger partial charge in [-0.25, -0.2) is 0 Å². The molecule has 2 saturated heterocycles. The van der Waals surface area contributed by atoms with Gasteiger partial charge >= 0.3 is 35.8 Å². The standard InChI is InChI=1S/C6H9NO5.C6H13NO2.2C5H9NO2.C2H5NO2/c8-4(1-2-5(9)10)7-3-6(11)12;1-4(2)3-5(7)6(8)9;2*7-5(8)4-2-1-3-6-4;3-1-2(4)5/h1-3H2,(H,7,8)(H,9,10)(H,11,12);4-5H,3,7H2,1-2H3,(H,8,9);2*4,6H,1-3H2,(H,7,8);1,3H2,(H,4,5)/t;5-;2*4-;/m.000./s1. The molecule has 2 fully saturated rings. The van der Waals surface area contributed by atoms with Crippen molar-refractivity contribution in [1.82, 2.24) is 16.0 Å². The molecule has 13 N–H and O–H groups in total. The number of nitrogens with one attached hydrogen (secondary N) is 3. The topological polar surface area (TPSA) is 329 Å². The summed E-state index contributed by atoms with van der Waals surface area (Å²) in [6, 6.07) is -1.23. The van der Waals surface area contributed by atoms with Gasteiger partial charge in [-0.15, -0.1) is 0 Å². The number of hydrogen-bond donors (Lipinski definition) is 11. The van der Waals surface area contributed by atoms with Gasteiger partial charge in [-0.1, -0.05) is 13.8 Å². The number of hydrogen-bond acceptors (Lipinski definition) is 11. The highest BCUT2D eigenvalue weighted by Crippen LogP contribution is 2.04. The zero-order valence-electron chi connectivity index (χ0n) is 23.8. The van der Waals surface area contributed by atoms with E-state index in [1.54, 1.807) is 0 Å². The minimum Gasteiger partial charge on any atom is -0.481 e. The van der Waals surface area contributed by atoms with E-state index in [0.29, 0.717) is 12.3 Å². The molecule has 0 unspecified atom stereocenters. The Balaban J connectivity index is -0.000000463. The molecule has 0 radical (unpaired) electrons. The molecule has 0 aromatic rings. The molecule has 0 spiro atoms. The van der Waals surface area contributed by atoms with Crippen LogP contribution in [0.1, 0.15) is 58.8 Å². The average Bonchev–Trinajstić information content (AvgIpc) is 3.62. The third-order valence-electron chi connectivity index (χ3n) is 4.94. The van der Waals surface area contributed by atoms with Crippen LogP contribution >= 0.6 is 0 Å². The summed E-state index contributed by atoms with van der Waals surface area (Å²) >= 11 is 0. The van der Waals surface area contributed by atoms with Crippen LogP contribution in [0.4, 0.5) is 0 Å². The first-order valence-corrected chi connectivity index (χ1v) is 13.0. The summed E-state index contributed by atoms with van der Waals surface area (Å²) in [5.41, 5.74) is 9.79. The number of amides is 1. The van der Waals surface area contributed by atoms with Crippen molar-refractivity contribution in [3.63, 3.8) is 0 Å². The summed E-state index contributed by atoms with van der Waals surface area (Å²) in [5, 5.41) is 56.6. The summed E-state index contributed by atoms with van der Waals surface area (Å²) in [6.45, 7) is 4.86. The molecule has 42 heavy (non-hydrogen) atoms. The van der Waals surface area contributed by atoms with Crippen LogP contribution in [0.3, 0.4) is 0 Å². The van der Waals surface area contributed by atoms with Crippen LogP contribution in [0.2, 0.25) is 0 Å². The molecule has 0 aromatic carbocycles. The molecule has 0 bridgehead atoms. The van der Waals surface area contributed by atoms with Crippen LogP contribution in [-0.2, 0) is 33.6 Å². The van der Waals surface area contributed by atoms with E-state index < -0.39 is 54.3 Å². The van der Waals surface area contributed by atoms with Gasteiger partial charge in [-0.2, -0.15) is 0 Å². The normalized spacial score (nSPS) is 17.2. The van der Waals surface area contributed by atoms with Gasteiger partial charge < -0.3 is 58.1 Å². The Hall–Kier alpha value is -3.87. The molecule has 18 nitrogen and oxygen atoms in total. The molecule has 18 heteroatoms. The zero-order chi connectivity index (χ0) is 33.3. The highest BCUT2D eigenvalue weighted by molar-refractivity contribution is 5.83. The second-order valence-corrected chi connectivity index (χ2v) is 9.21. The van der Waals surface area contributed by atoms with Gasteiger partial charge in [0.25, 0.3) is 0 Å². The third-order valence-corrected chi connectivity index (χ3v) is 4.94. The van der Waals surface area contributed by atoms with Crippen molar-refractivity contribution >= 4 is 41.7 Å². The lowest BCUT2D eigenvalue weighted by Gasteiger charge is -2.07. The minimum atomic E-state index is -1.15. The zero-order valence-corrected chi connectivity index (χ0v) is 23.8. The monoisotopic (exact) mass is 611 g/mol. The number of carboxylic acid groups (broad SMARTS) is 6. The van der Waals surface area contributed by atoms with Crippen molar-refractivity contribution in [2.24, 2.45) is 17.4 Å². The molecule has 0 saturated carbocycles. The second-order valence-electron chi connectivity index (χ2n) is 9.21. The van der Waals surface area contributed by atoms with Crippen molar-refractivity contribution in [3.05, 3.63) is 0 Å². The van der Waals surface area contributed by atoms with Gasteiger partial charge in [-0.3, -0.25) is 33.6 Å². The largest absolute Gasteiger partial charge is 0.481 e. The molecule has 0 aliphatic carbocycles. The number of carbonyl (C=O) groups is 7. The third kappa shape index (κ3) is 30.7. The van der Waals surface area contributed by atoms with Gasteiger partial charge in [0.1, 0.15) is 24.7 Å². The Morgan fingerprint density at radius 2 is 1.19 bits per heavy atom. The maximum absolute atomic E-state index is 10.6. The van der Waals surface area contributed by atoms with E-state index >= 15 is 0 Å². The van der Waals surface area contributed by atoms with Crippen LogP contribution in [0.5, 0.6) is 0 Å². The molecule has 3 atom stereocenters. The smallest absolute Gasteiger partial charge is 0.322 e. The first-order chi connectivity index (χ1) is 19.4. The van der Waals surface area contributed by atoms with Gasteiger partial charge in [0.15, 0.2) is 0 Å². The Bertz CT molecular complexity index is 797. The van der Waals surface area contributed by atoms with Crippen LogP contribution in [-0.4, -0.2) is 117 Å². The lowest BCUT2D eigenvalue weighted by molar-refractivity contribution is -0.140. The molecule has 2 rings (SSSR count). The lowest BCUT2D eigenvalue weighted by Crippen LogP contribution is -2.31. The van der Waals surface area contributed by atoms with Crippen molar-refractivity contribution in [1.29, 1.82) is 0 Å². The van der Waals surface area contributed by atoms with Gasteiger partial charge in [-0.05, 0) is 51.1 Å². The highest BCUT2D eigenvalue weighted by atomic mass is 16.4. The summed E-state index contributed by atoms with van der Waals surface area (Å²) in [5.74, 6) is -5.77. The Labute approximate surface area is 242 Å². The van der Waals surface area contributed by atoms with Crippen molar-refractivity contribution in [2.75, 3.05) is 26.2 Å². The summed E-state index contributed by atoms with van der Waals surface area (Å²) in [7, 11) is 0. The molecule has 2 aliphatic rings. The van der Waals surface area contributed by atoms with E-state index in [2.05, 4.69) is 16.4 Å². The molecule has 1 amide bonds. The maximum atomic E-state index is 10.6. The fourth-order valence-electron chi connectivity index (χ4n) is 2.88. The lowest BCUT2D eigenvalue weighted by atomic mass is 10.1. The average molecular weight is 612 g/mol. The van der Waals surface area contributed by atoms with Gasteiger partial charge in [0.2, 0.25) is 5.91 Å². The fourth-order valence-corrected chi connectivity index (χ4v) is 2.88. The first-order valence-electron chi connectivity index (χ1n) is 13.0.